The van der Waals surface area contributed by atoms with E-state index in [-0.39, 0.29) is 18.6 Å². The zero-order valence-corrected chi connectivity index (χ0v) is 20.7. The van der Waals surface area contributed by atoms with Crippen molar-refractivity contribution in [2.75, 3.05) is 6.61 Å². The molecule has 1 unspecified atom stereocenters. The molecule has 1 heterocycles. The molecule has 2 aromatic carbocycles. The van der Waals surface area contributed by atoms with E-state index in [4.69, 9.17) is 0 Å². The van der Waals surface area contributed by atoms with Crippen molar-refractivity contribution in [2.45, 2.75) is 77.3 Å². The highest BCUT2D eigenvalue weighted by molar-refractivity contribution is 5.80. The third-order valence-corrected chi connectivity index (χ3v) is 7.18. The maximum absolute atomic E-state index is 13.2. The van der Waals surface area contributed by atoms with Gasteiger partial charge in [0.1, 0.15) is 0 Å². The molecule has 0 aliphatic heterocycles. The van der Waals surface area contributed by atoms with E-state index >= 15 is 0 Å². The molecule has 1 fully saturated rings. The van der Waals surface area contributed by atoms with Crippen molar-refractivity contribution in [3.8, 4) is 22.5 Å². The first-order chi connectivity index (χ1) is 17.2. The van der Waals surface area contributed by atoms with Crippen LogP contribution in [0.15, 0.2) is 48.5 Å². The Balaban J connectivity index is 1.53. The lowest BCUT2D eigenvalue weighted by Gasteiger charge is -2.34. The predicted molar refractivity (Wildman–Crippen MR) is 137 cm³/mol. The molecule has 0 spiro atoms. The van der Waals surface area contributed by atoms with E-state index in [0.717, 1.165) is 41.5 Å². The van der Waals surface area contributed by atoms with Gasteiger partial charge in [-0.1, -0.05) is 94.0 Å². The number of hydrogen-bond acceptors (Lipinski definition) is 5. The molecule has 1 aliphatic carbocycles. The summed E-state index contributed by atoms with van der Waals surface area (Å²) in [5.74, 6) is 1.31. The molecule has 7 heteroatoms. The van der Waals surface area contributed by atoms with Crippen molar-refractivity contribution in [2.24, 2.45) is 5.92 Å². The third kappa shape index (κ3) is 6.54. The third-order valence-electron chi connectivity index (χ3n) is 7.18. The van der Waals surface area contributed by atoms with E-state index < -0.39 is 0 Å². The second kappa shape index (κ2) is 12.6. The number of rotatable bonds is 11. The zero-order valence-electron chi connectivity index (χ0n) is 20.7. The Morgan fingerprint density at radius 1 is 1.09 bits per heavy atom. The molecule has 0 radical (unpaired) electrons. The minimum Gasteiger partial charge on any atom is -0.394 e. The van der Waals surface area contributed by atoms with E-state index in [1.54, 1.807) is 0 Å². The van der Waals surface area contributed by atoms with E-state index in [9.17, 15) is 9.90 Å². The fourth-order valence-corrected chi connectivity index (χ4v) is 5.19. The van der Waals surface area contributed by atoms with Crippen LogP contribution in [0.1, 0.15) is 70.3 Å². The molecule has 186 valence electrons. The Bertz CT molecular complexity index is 1050. The molecule has 35 heavy (non-hydrogen) atoms. The summed E-state index contributed by atoms with van der Waals surface area (Å²) in [6, 6.07) is 16.2. The predicted octanol–water partition coefficient (Wildman–Crippen LogP) is 5.38. The number of aromatic nitrogens is 4. The number of nitrogens with one attached hydrogen (secondary N) is 1. The van der Waals surface area contributed by atoms with Gasteiger partial charge in [0.15, 0.2) is 0 Å². The summed E-state index contributed by atoms with van der Waals surface area (Å²) in [6.07, 6.45) is 9.55. The molecule has 1 saturated carbocycles. The van der Waals surface area contributed by atoms with E-state index in [0.29, 0.717) is 24.7 Å². The summed E-state index contributed by atoms with van der Waals surface area (Å²) in [5, 5.41) is 24.8. The first kappa shape index (κ1) is 25.0. The molecule has 3 aromatic rings. The van der Waals surface area contributed by atoms with Gasteiger partial charge in [-0.2, -0.15) is 5.21 Å². The average Bonchev–Trinajstić information content (AvgIpc) is 3.45. The Hall–Kier alpha value is -3.06. The highest BCUT2D eigenvalue weighted by atomic mass is 16.3. The van der Waals surface area contributed by atoms with Gasteiger partial charge in [0.05, 0.1) is 12.6 Å². The minimum atomic E-state index is -0.124. The van der Waals surface area contributed by atoms with E-state index in [1.165, 1.54) is 32.1 Å². The number of carbonyl (C=O) groups is 1. The smallest absolute Gasteiger partial charge is 0.223 e. The van der Waals surface area contributed by atoms with E-state index in [2.05, 4.69) is 51.8 Å². The molecular formula is C28H37N5O2. The van der Waals surface area contributed by atoms with Gasteiger partial charge < -0.3 is 10.0 Å². The van der Waals surface area contributed by atoms with Crippen LogP contribution in [0.2, 0.25) is 0 Å². The van der Waals surface area contributed by atoms with Crippen LogP contribution in [0.4, 0.5) is 0 Å². The molecule has 0 saturated heterocycles. The Kier molecular flexibility index (Phi) is 9.01. The maximum Gasteiger partial charge on any atom is 0.223 e. The standard InChI is InChI=1S/C28H37N5O2/c1-2-3-13-27(35)33(24(20-34)18-21-9-5-4-6-10-21)19-22-14-16-23(17-15-22)25-11-7-8-12-26(25)28-29-31-32-30-28/h7-8,11-12,14-17,21,24,34H,2-6,9-10,13,18-20H2,1H3,(H,29,30,31,32). The quantitative estimate of drug-likeness (QED) is 0.388. The number of aromatic amines is 1. The highest BCUT2D eigenvalue weighted by Gasteiger charge is 2.27. The second-order valence-electron chi connectivity index (χ2n) is 9.68. The van der Waals surface area contributed by atoms with Crippen LogP contribution in [0, 0.1) is 5.92 Å². The number of hydrogen-bond donors (Lipinski definition) is 2. The monoisotopic (exact) mass is 475 g/mol. The molecule has 7 nitrogen and oxygen atoms in total. The lowest BCUT2D eigenvalue weighted by molar-refractivity contribution is -0.136. The molecule has 1 amide bonds. The fourth-order valence-electron chi connectivity index (χ4n) is 5.19. The maximum atomic E-state index is 13.2. The highest BCUT2D eigenvalue weighted by Crippen LogP contribution is 2.31. The summed E-state index contributed by atoms with van der Waals surface area (Å²) < 4.78 is 0. The van der Waals surface area contributed by atoms with Crippen molar-refractivity contribution in [3.05, 3.63) is 54.1 Å². The first-order valence-electron chi connectivity index (χ1n) is 13.0. The first-order valence-corrected chi connectivity index (χ1v) is 13.0. The normalized spacial score (nSPS) is 15.1. The van der Waals surface area contributed by atoms with Crippen LogP contribution >= 0.6 is 0 Å². The van der Waals surface area contributed by atoms with Crippen LogP contribution in [0.5, 0.6) is 0 Å². The van der Waals surface area contributed by atoms with Crippen LogP contribution in [0.25, 0.3) is 22.5 Å². The number of carbonyl (C=O) groups excluding carboxylic acids is 1. The second-order valence-corrected chi connectivity index (χ2v) is 9.68. The number of aliphatic hydroxyl groups is 1. The molecule has 4 rings (SSSR count). The Morgan fingerprint density at radius 3 is 2.49 bits per heavy atom. The van der Waals surface area contributed by atoms with Gasteiger partial charge in [0, 0.05) is 18.5 Å². The number of H-pyrrole nitrogens is 1. The Morgan fingerprint density at radius 2 is 1.83 bits per heavy atom. The van der Waals surface area contributed by atoms with Crippen LogP contribution in [-0.4, -0.2) is 49.2 Å². The van der Waals surface area contributed by atoms with Crippen molar-refractivity contribution >= 4 is 5.91 Å². The molecule has 1 aromatic heterocycles. The number of nitrogens with zero attached hydrogens (tertiary/aromatic N) is 4. The topological polar surface area (TPSA) is 95.0 Å². The van der Waals surface area contributed by atoms with Gasteiger partial charge in [-0.05, 0) is 40.7 Å². The summed E-state index contributed by atoms with van der Waals surface area (Å²) in [4.78, 5) is 15.1. The zero-order chi connectivity index (χ0) is 24.5. The van der Waals surface area contributed by atoms with Crippen LogP contribution in [-0.2, 0) is 11.3 Å². The number of benzene rings is 2. The Labute approximate surface area is 208 Å². The fraction of sp³-hybridized carbons (Fsp3) is 0.500. The number of tetrazole rings is 1. The van der Waals surface area contributed by atoms with Crippen molar-refractivity contribution in [1.82, 2.24) is 25.5 Å². The molecule has 1 aliphatic rings. The van der Waals surface area contributed by atoms with Crippen molar-refractivity contribution in [3.63, 3.8) is 0 Å². The lowest BCUT2D eigenvalue weighted by atomic mass is 9.84. The number of aliphatic hydroxyl groups excluding tert-OH is 1. The van der Waals surface area contributed by atoms with Crippen molar-refractivity contribution < 1.29 is 9.90 Å². The summed E-state index contributed by atoms with van der Waals surface area (Å²) in [6.45, 7) is 2.64. The largest absolute Gasteiger partial charge is 0.394 e. The molecule has 2 N–H and O–H groups in total. The SMILES string of the molecule is CCCCC(=O)N(Cc1ccc(-c2ccccc2-c2nn[nH]n2)cc1)C(CO)CC1CCCCC1. The van der Waals surface area contributed by atoms with Crippen LogP contribution in [0.3, 0.4) is 0 Å². The molecular weight excluding hydrogens is 438 g/mol. The van der Waals surface area contributed by atoms with Gasteiger partial charge in [-0.3, -0.25) is 4.79 Å². The lowest BCUT2D eigenvalue weighted by Crippen LogP contribution is -2.43. The molecule has 0 bridgehead atoms. The van der Waals surface area contributed by atoms with Gasteiger partial charge >= 0.3 is 0 Å². The van der Waals surface area contributed by atoms with E-state index in [1.807, 2.05) is 29.2 Å². The van der Waals surface area contributed by atoms with Gasteiger partial charge in [0.25, 0.3) is 0 Å². The summed E-state index contributed by atoms with van der Waals surface area (Å²) in [5.41, 5.74) is 4.07. The van der Waals surface area contributed by atoms with Crippen molar-refractivity contribution in [1.29, 1.82) is 0 Å². The summed E-state index contributed by atoms with van der Waals surface area (Å²) in [7, 11) is 0. The number of amides is 1. The van der Waals surface area contributed by atoms with Gasteiger partial charge in [-0.15, -0.1) is 10.2 Å². The van der Waals surface area contributed by atoms with Gasteiger partial charge in [-0.25, -0.2) is 0 Å². The average molecular weight is 476 g/mol. The number of unbranched alkanes of at least 4 members (excludes halogenated alkanes) is 1. The molecule has 1 atom stereocenters. The van der Waals surface area contributed by atoms with Gasteiger partial charge in [0.2, 0.25) is 11.7 Å². The van der Waals surface area contributed by atoms with Crippen LogP contribution < -0.4 is 0 Å². The minimum absolute atomic E-state index is 0.0184. The summed E-state index contributed by atoms with van der Waals surface area (Å²) >= 11 is 0.